The maximum Gasteiger partial charge on any atom is 0.228 e. The number of benzene rings is 1. The fraction of sp³-hybridized carbons (Fsp3) is 0.238. The van der Waals surface area contributed by atoms with Crippen molar-refractivity contribution in [3.05, 3.63) is 58.3 Å². The first-order chi connectivity index (χ1) is 14.0. The topological polar surface area (TPSA) is 81.9 Å². The van der Waals surface area contributed by atoms with E-state index in [4.69, 9.17) is 23.2 Å². The molecule has 29 heavy (non-hydrogen) atoms. The maximum absolute atomic E-state index is 12.6. The Balaban J connectivity index is 1.51. The molecule has 8 heteroatoms. The van der Waals surface area contributed by atoms with Crippen molar-refractivity contribution >= 4 is 51.5 Å². The fourth-order valence-electron chi connectivity index (χ4n) is 3.62. The summed E-state index contributed by atoms with van der Waals surface area (Å²) in [6.07, 6.45) is 4.45. The zero-order chi connectivity index (χ0) is 20.4. The summed E-state index contributed by atoms with van der Waals surface area (Å²) in [7, 11) is 0. The number of anilines is 2. The largest absolute Gasteiger partial charge is 0.370 e. The van der Waals surface area contributed by atoms with Crippen LogP contribution in [-0.4, -0.2) is 29.0 Å². The number of aromatic nitrogens is 2. The van der Waals surface area contributed by atoms with E-state index in [1.165, 1.54) is 6.20 Å². The Morgan fingerprint density at radius 1 is 1.10 bits per heavy atom. The van der Waals surface area contributed by atoms with Crippen molar-refractivity contribution in [1.29, 1.82) is 5.26 Å². The van der Waals surface area contributed by atoms with Crippen molar-refractivity contribution in [1.82, 2.24) is 9.97 Å². The van der Waals surface area contributed by atoms with Gasteiger partial charge in [-0.3, -0.25) is 9.78 Å². The number of carbonyl (C=O) groups is 1. The van der Waals surface area contributed by atoms with E-state index in [1.807, 2.05) is 12.1 Å². The molecule has 0 radical (unpaired) electrons. The number of nitrogens with zero attached hydrogens (tertiary/aromatic N) is 4. The van der Waals surface area contributed by atoms with Crippen molar-refractivity contribution in [2.75, 3.05) is 23.3 Å². The van der Waals surface area contributed by atoms with Gasteiger partial charge >= 0.3 is 0 Å². The average Bonchev–Trinajstić information content (AvgIpc) is 2.74. The lowest BCUT2D eigenvalue weighted by atomic mass is 9.94. The zero-order valence-electron chi connectivity index (χ0n) is 15.4. The summed E-state index contributed by atoms with van der Waals surface area (Å²) in [5, 5.41) is 14.4. The molecule has 0 atom stereocenters. The summed E-state index contributed by atoms with van der Waals surface area (Å²) in [6, 6.07) is 11.1. The SMILES string of the molecule is N#Cc1cnc2ccc(Cl)cc2c1N1CCC(C(=O)Nc2ccc(Cl)cn2)CC1. The van der Waals surface area contributed by atoms with E-state index < -0.39 is 0 Å². The van der Waals surface area contributed by atoms with Crippen LogP contribution < -0.4 is 10.2 Å². The summed E-state index contributed by atoms with van der Waals surface area (Å²) < 4.78 is 0. The molecule has 1 saturated heterocycles. The summed E-state index contributed by atoms with van der Waals surface area (Å²) >= 11 is 12.0. The van der Waals surface area contributed by atoms with Gasteiger partial charge < -0.3 is 10.2 Å². The Labute approximate surface area is 178 Å². The molecule has 1 aliphatic rings. The number of hydrogen-bond donors (Lipinski definition) is 1. The number of rotatable bonds is 3. The van der Waals surface area contributed by atoms with E-state index in [-0.39, 0.29) is 11.8 Å². The molecule has 1 amide bonds. The lowest BCUT2D eigenvalue weighted by Crippen LogP contribution is -2.38. The third-order valence-electron chi connectivity index (χ3n) is 5.08. The van der Waals surface area contributed by atoms with Crippen LogP contribution in [0.4, 0.5) is 11.5 Å². The Morgan fingerprint density at radius 3 is 2.55 bits per heavy atom. The number of nitriles is 1. The minimum Gasteiger partial charge on any atom is -0.370 e. The molecule has 6 nitrogen and oxygen atoms in total. The molecule has 1 aromatic carbocycles. The predicted molar refractivity (Wildman–Crippen MR) is 114 cm³/mol. The molecule has 2 aromatic heterocycles. The Kier molecular flexibility index (Phi) is 5.52. The van der Waals surface area contributed by atoms with Crippen LogP contribution in [0.25, 0.3) is 10.9 Å². The van der Waals surface area contributed by atoms with E-state index >= 15 is 0 Å². The standard InChI is InChI=1S/C21H17Cl2N5O/c22-15-1-3-18-17(9-15)20(14(10-24)11-25-18)28-7-5-13(6-8-28)21(29)27-19-4-2-16(23)12-26-19/h1-4,9,11-13H,5-8H2,(H,26,27,29). The van der Waals surface area contributed by atoms with Crippen LogP contribution in [0, 0.1) is 17.2 Å². The van der Waals surface area contributed by atoms with Crippen molar-refractivity contribution < 1.29 is 4.79 Å². The molecule has 0 saturated carbocycles. The van der Waals surface area contributed by atoms with E-state index in [0.29, 0.717) is 47.4 Å². The smallest absolute Gasteiger partial charge is 0.228 e. The highest BCUT2D eigenvalue weighted by Gasteiger charge is 2.27. The van der Waals surface area contributed by atoms with Crippen molar-refractivity contribution in [3.63, 3.8) is 0 Å². The maximum atomic E-state index is 12.6. The van der Waals surface area contributed by atoms with E-state index in [2.05, 4.69) is 26.3 Å². The second kappa shape index (κ2) is 8.24. The fourth-order valence-corrected chi connectivity index (χ4v) is 3.90. The lowest BCUT2D eigenvalue weighted by molar-refractivity contribution is -0.120. The number of halogens is 2. The van der Waals surface area contributed by atoms with Gasteiger partial charge in [-0.15, -0.1) is 0 Å². The van der Waals surface area contributed by atoms with Crippen LogP contribution in [0.5, 0.6) is 0 Å². The molecule has 0 spiro atoms. The van der Waals surface area contributed by atoms with Crippen molar-refractivity contribution in [3.8, 4) is 6.07 Å². The number of pyridine rings is 2. The van der Waals surface area contributed by atoms with Gasteiger partial charge in [0.2, 0.25) is 5.91 Å². The number of fused-ring (bicyclic) bond motifs is 1. The molecule has 0 unspecified atom stereocenters. The number of amides is 1. The normalized spacial score (nSPS) is 14.6. The van der Waals surface area contributed by atoms with Crippen LogP contribution >= 0.6 is 23.2 Å². The first kappa shape index (κ1) is 19.4. The zero-order valence-corrected chi connectivity index (χ0v) is 16.9. The third-order valence-corrected chi connectivity index (χ3v) is 5.54. The van der Waals surface area contributed by atoms with Gasteiger partial charge in [-0.05, 0) is 43.2 Å². The van der Waals surface area contributed by atoms with Gasteiger partial charge in [0.25, 0.3) is 0 Å². The van der Waals surface area contributed by atoms with Gasteiger partial charge in [-0.25, -0.2) is 4.98 Å². The molecule has 1 N–H and O–H groups in total. The van der Waals surface area contributed by atoms with Gasteiger partial charge in [0.05, 0.1) is 21.8 Å². The highest BCUT2D eigenvalue weighted by Crippen LogP contribution is 2.34. The summed E-state index contributed by atoms with van der Waals surface area (Å²) in [5.41, 5.74) is 2.13. The summed E-state index contributed by atoms with van der Waals surface area (Å²) in [4.78, 5) is 23.2. The predicted octanol–water partition coefficient (Wildman–Crippen LogP) is 4.66. The van der Waals surface area contributed by atoms with Crippen LogP contribution in [0.2, 0.25) is 10.0 Å². The lowest BCUT2D eigenvalue weighted by Gasteiger charge is -2.34. The van der Waals surface area contributed by atoms with Crippen LogP contribution in [0.3, 0.4) is 0 Å². The van der Waals surface area contributed by atoms with Crippen molar-refractivity contribution in [2.24, 2.45) is 5.92 Å². The molecular formula is C21H17Cl2N5O. The number of hydrogen-bond acceptors (Lipinski definition) is 5. The molecular weight excluding hydrogens is 409 g/mol. The van der Waals surface area contributed by atoms with Crippen LogP contribution in [-0.2, 0) is 4.79 Å². The summed E-state index contributed by atoms with van der Waals surface area (Å²) in [6.45, 7) is 1.32. The van der Waals surface area contributed by atoms with Crippen LogP contribution in [0.15, 0.2) is 42.7 Å². The number of nitrogens with one attached hydrogen (secondary N) is 1. The highest BCUT2D eigenvalue weighted by molar-refractivity contribution is 6.31. The molecule has 3 aromatic rings. The minimum atomic E-state index is -0.119. The first-order valence-corrected chi connectivity index (χ1v) is 9.96. The third kappa shape index (κ3) is 4.12. The molecule has 0 bridgehead atoms. The van der Waals surface area contributed by atoms with E-state index in [9.17, 15) is 10.1 Å². The Hall–Kier alpha value is -2.88. The molecule has 1 fully saturated rings. The highest BCUT2D eigenvalue weighted by atomic mass is 35.5. The molecule has 4 rings (SSSR count). The monoisotopic (exact) mass is 425 g/mol. The van der Waals surface area contributed by atoms with Gasteiger partial charge in [-0.2, -0.15) is 5.26 Å². The molecule has 0 aliphatic carbocycles. The Morgan fingerprint density at radius 2 is 1.86 bits per heavy atom. The molecule has 146 valence electrons. The van der Waals surface area contributed by atoms with Crippen molar-refractivity contribution in [2.45, 2.75) is 12.8 Å². The van der Waals surface area contributed by atoms with E-state index in [0.717, 1.165) is 16.6 Å². The second-order valence-corrected chi connectivity index (χ2v) is 7.78. The van der Waals surface area contributed by atoms with Gasteiger partial charge in [0.15, 0.2) is 0 Å². The average molecular weight is 426 g/mol. The minimum absolute atomic E-state index is 0.0531. The van der Waals surface area contributed by atoms with Crippen LogP contribution in [0.1, 0.15) is 18.4 Å². The number of piperidine rings is 1. The quantitative estimate of drug-likeness (QED) is 0.659. The van der Waals surface area contributed by atoms with Gasteiger partial charge in [0, 0.05) is 41.8 Å². The van der Waals surface area contributed by atoms with Gasteiger partial charge in [0.1, 0.15) is 11.9 Å². The van der Waals surface area contributed by atoms with Gasteiger partial charge in [-0.1, -0.05) is 23.2 Å². The second-order valence-electron chi connectivity index (χ2n) is 6.91. The number of carbonyl (C=O) groups excluding carboxylic acids is 1. The first-order valence-electron chi connectivity index (χ1n) is 9.21. The molecule has 3 heterocycles. The summed E-state index contributed by atoms with van der Waals surface area (Å²) in [5.74, 6) is 0.317. The van der Waals surface area contributed by atoms with E-state index in [1.54, 1.807) is 24.4 Å². The molecule has 1 aliphatic heterocycles. The Bertz CT molecular complexity index is 1100.